The van der Waals surface area contributed by atoms with E-state index >= 15 is 0 Å². The van der Waals surface area contributed by atoms with Crippen molar-refractivity contribution in [2.75, 3.05) is 19.6 Å². The van der Waals surface area contributed by atoms with Crippen LogP contribution in [0.3, 0.4) is 0 Å². The van der Waals surface area contributed by atoms with E-state index in [1.54, 1.807) is 17.0 Å². The topological polar surface area (TPSA) is 75.4 Å². The van der Waals surface area contributed by atoms with Gasteiger partial charge in [0.25, 0.3) is 0 Å². The van der Waals surface area contributed by atoms with E-state index in [-0.39, 0.29) is 30.6 Å². The van der Waals surface area contributed by atoms with E-state index in [1.165, 1.54) is 12.1 Å². The second-order valence-corrected chi connectivity index (χ2v) is 6.03. The van der Waals surface area contributed by atoms with Crippen molar-refractivity contribution >= 4 is 11.8 Å². The Morgan fingerprint density at radius 3 is 2.46 bits per heavy atom. The molecule has 138 valence electrons. The summed E-state index contributed by atoms with van der Waals surface area (Å²) in [6.45, 7) is 1.40. The van der Waals surface area contributed by atoms with Gasteiger partial charge in [-0.05, 0) is 36.2 Å². The molecule has 2 aromatic rings. The maximum atomic E-state index is 13.2. The van der Waals surface area contributed by atoms with Gasteiger partial charge in [0.2, 0.25) is 11.8 Å². The predicted octanol–water partition coefficient (Wildman–Crippen LogP) is 1.86. The van der Waals surface area contributed by atoms with Gasteiger partial charge in [0.15, 0.2) is 0 Å². The number of rotatable bonds is 9. The molecule has 0 unspecified atom stereocenters. The van der Waals surface area contributed by atoms with Crippen LogP contribution in [-0.2, 0) is 22.6 Å². The lowest BCUT2D eigenvalue weighted by Crippen LogP contribution is -2.41. The molecule has 0 spiro atoms. The summed E-state index contributed by atoms with van der Waals surface area (Å²) in [4.78, 5) is 26.2. The number of carbonyl (C=O) groups excluding carboxylic acids is 2. The Labute approximate surface area is 153 Å². The molecule has 5 nitrogen and oxygen atoms in total. The molecule has 3 N–H and O–H groups in total. The number of hydrogen-bond acceptors (Lipinski definition) is 3. The number of amides is 2. The Hall–Kier alpha value is -2.73. The Kier molecular flexibility index (Phi) is 7.76. The number of nitrogens with two attached hydrogens (primary N) is 1. The van der Waals surface area contributed by atoms with Crippen molar-refractivity contribution in [3.05, 3.63) is 71.5 Å². The maximum Gasteiger partial charge on any atom is 0.242 e. The van der Waals surface area contributed by atoms with E-state index in [9.17, 15) is 14.0 Å². The lowest BCUT2D eigenvalue weighted by atomic mass is 10.1. The molecule has 0 aliphatic rings. The first kappa shape index (κ1) is 19.6. The summed E-state index contributed by atoms with van der Waals surface area (Å²) < 4.78 is 13.2. The van der Waals surface area contributed by atoms with Crippen molar-refractivity contribution in [3.8, 4) is 0 Å². The van der Waals surface area contributed by atoms with Crippen molar-refractivity contribution in [2.24, 2.45) is 5.73 Å². The van der Waals surface area contributed by atoms with Gasteiger partial charge in [0.05, 0.1) is 13.0 Å². The molecule has 0 aromatic heterocycles. The number of hydrogen-bond donors (Lipinski definition) is 2. The van der Waals surface area contributed by atoms with Crippen LogP contribution in [0.25, 0.3) is 0 Å². The first-order valence-electron chi connectivity index (χ1n) is 8.61. The average Bonchev–Trinajstić information content (AvgIpc) is 2.64. The molecule has 0 atom stereocenters. The van der Waals surface area contributed by atoms with Crippen LogP contribution in [0.4, 0.5) is 4.39 Å². The van der Waals surface area contributed by atoms with E-state index in [4.69, 9.17) is 5.73 Å². The Balaban J connectivity index is 1.88. The minimum Gasteiger partial charge on any atom is -0.347 e. The molecular formula is C20H24FN3O2. The van der Waals surface area contributed by atoms with E-state index < -0.39 is 0 Å². The van der Waals surface area contributed by atoms with Crippen LogP contribution in [0.5, 0.6) is 0 Å². The molecule has 0 radical (unpaired) electrons. The Bertz CT molecular complexity index is 722. The van der Waals surface area contributed by atoms with Gasteiger partial charge in [0.1, 0.15) is 5.82 Å². The summed E-state index contributed by atoms with van der Waals surface area (Å²) in [5.41, 5.74) is 7.14. The molecule has 6 heteroatoms. The minimum atomic E-state index is -0.387. The van der Waals surface area contributed by atoms with Crippen LogP contribution in [0.15, 0.2) is 54.6 Å². The largest absolute Gasteiger partial charge is 0.347 e. The van der Waals surface area contributed by atoms with E-state index in [0.29, 0.717) is 31.6 Å². The zero-order chi connectivity index (χ0) is 18.8. The van der Waals surface area contributed by atoms with Crippen LogP contribution in [0, 0.1) is 5.82 Å². The van der Waals surface area contributed by atoms with E-state index in [2.05, 4.69) is 5.32 Å². The summed E-state index contributed by atoms with van der Waals surface area (Å²) in [5, 5.41) is 2.61. The highest BCUT2D eigenvalue weighted by atomic mass is 19.1. The van der Waals surface area contributed by atoms with Crippen LogP contribution in [-0.4, -0.2) is 36.3 Å². The fourth-order valence-corrected chi connectivity index (χ4v) is 2.56. The zero-order valence-corrected chi connectivity index (χ0v) is 14.7. The fraction of sp³-hybridized carbons (Fsp3) is 0.300. The van der Waals surface area contributed by atoms with Crippen molar-refractivity contribution in [1.29, 1.82) is 0 Å². The highest BCUT2D eigenvalue weighted by Gasteiger charge is 2.15. The monoisotopic (exact) mass is 357 g/mol. The molecule has 0 aliphatic carbocycles. The van der Waals surface area contributed by atoms with Crippen LogP contribution in [0.1, 0.15) is 17.5 Å². The number of benzene rings is 2. The van der Waals surface area contributed by atoms with Gasteiger partial charge < -0.3 is 16.0 Å². The molecular weight excluding hydrogens is 333 g/mol. The van der Waals surface area contributed by atoms with Crippen LogP contribution < -0.4 is 11.1 Å². The van der Waals surface area contributed by atoms with Crippen LogP contribution in [0.2, 0.25) is 0 Å². The summed E-state index contributed by atoms with van der Waals surface area (Å²) >= 11 is 0. The molecule has 2 amide bonds. The van der Waals surface area contributed by atoms with Crippen molar-refractivity contribution < 1.29 is 14.0 Å². The second kappa shape index (κ2) is 10.3. The number of halogens is 1. The van der Waals surface area contributed by atoms with Gasteiger partial charge in [-0.2, -0.15) is 0 Å². The first-order valence-corrected chi connectivity index (χ1v) is 8.61. The van der Waals surface area contributed by atoms with Crippen molar-refractivity contribution in [3.63, 3.8) is 0 Å². The average molecular weight is 357 g/mol. The third-order valence-electron chi connectivity index (χ3n) is 3.89. The first-order chi connectivity index (χ1) is 12.6. The van der Waals surface area contributed by atoms with Crippen molar-refractivity contribution in [1.82, 2.24) is 10.2 Å². The highest BCUT2D eigenvalue weighted by molar-refractivity contribution is 5.85. The van der Waals surface area contributed by atoms with Crippen molar-refractivity contribution in [2.45, 2.75) is 19.4 Å². The zero-order valence-electron chi connectivity index (χ0n) is 14.7. The van der Waals surface area contributed by atoms with Gasteiger partial charge >= 0.3 is 0 Å². The van der Waals surface area contributed by atoms with Gasteiger partial charge in [-0.3, -0.25) is 9.59 Å². The summed E-state index contributed by atoms with van der Waals surface area (Å²) in [6.07, 6.45) is 0.725. The van der Waals surface area contributed by atoms with E-state index in [1.807, 2.05) is 30.3 Å². The third-order valence-corrected chi connectivity index (χ3v) is 3.89. The number of nitrogens with one attached hydrogen (secondary N) is 1. The van der Waals surface area contributed by atoms with Gasteiger partial charge in [-0.1, -0.05) is 42.5 Å². The molecule has 26 heavy (non-hydrogen) atoms. The lowest BCUT2D eigenvalue weighted by molar-refractivity contribution is -0.133. The molecule has 0 bridgehead atoms. The minimum absolute atomic E-state index is 0.0343. The fourth-order valence-electron chi connectivity index (χ4n) is 2.56. The molecule has 0 fully saturated rings. The smallest absolute Gasteiger partial charge is 0.242 e. The molecule has 2 rings (SSSR count). The SMILES string of the molecule is NCCCN(Cc1ccccc1)C(=O)CNC(=O)Cc1cccc(F)c1. The van der Waals surface area contributed by atoms with E-state index in [0.717, 1.165) is 5.56 Å². The second-order valence-electron chi connectivity index (χ2n) is 6.03. The molecule has 0 saturated carbocycles. The number of carbonyl (C=O) groups is 2. The highest BCUT2D eigenvalue weighted by Crippen LogP contribution is 2.06. The quantitative estimate of drug-likeness (QED) is 0.719. The molecule has 0 heterocycles. The normalized spacial score (nSPS) is 10.4. The molecule has 0 aliphatic heterocycles. The van der Waals surface area contributed by atoms with Gasteiger partial charge in [-0.15, -0.1) is 0 Å². The number of nitrogens with zero attached hydrogens (tertiary/aromatic N) is 1. The summed E-state index contributed by atoms with van der Waals surface area (Å²) in [5.74, 6) is -0.875. The summed E-state index contributed by atoms with van der Waals surface area (Å²) in [7, 11) is 0. The van der Waals surface area contributed by atoms with Crippen LogP contribution >= 0.6 is 0 Å². The lowest BCUT2D eigenvalue weighted by Gasteiger charge is -2.23. The Morgan fingerprint density at radius 1 is 1.04 bits per heavy atom. The molecule has 2 aromatic carbocycles. The Morgan fingerprint density at radius 2 is 1.77 bits per heavy atom. The van der Waals surface area contributed by atoms with Gasteiger partial charge in [0, 0.05) is 13.1 Å². The summed E-state index contributed by atoms with van der Waals surface area (Å²) in [6, 6.07) is 15.5. The predicted molar refractivity (Wildman–Crippen MR) is 98.6 cm³/mol. The standard InChI is InChI=1S/C20H24FN3O2/c21-18-9-4-8-17(12-18)13-19(25)23-14-20(26)24(11-5-10-22)15-16-6-2-1-3-7-16/h1-4,6-9,12H,5,10-11,13-15,22H2,(H,23,25). The van der Waals surface area contributed by atoms with Gasteiger partial charge in [-0.25, -0.2) is 4.39 Å². The third kappa shape index (κ3) is 6.64. The molecule has 0 saturated heterocycles. The maximum absolute atomic E-state index is 13.2.